The lowest BCUT2D eigenvalue weighted by Gasteiger charge is -2.36. The zero-order chi connectivity index (χ0) is 16.3. The molecule has 1 aliphatic rings. The molecule has 0 aliphatic carbocycles. The van der Waals surface area contributed by atoms with E-state index in [0.29, 0.717) is 25.3 Å². The summed E-state index contributed by atoms with van der Waals surface area (Å²) in [6.07, 6.45) is -0.0949. The summed E-state index contributed by atoms with van der Waals surface area (Å²) in [7, 11) is 0. The Morgan fingerprint density at radius 3 is 2.55 bits per heavy atom. The molecule has 1 aromatic rings. The van der Waals surface area contributed by atoms with E-state index in [1.54, 1.807) is 24.0 Å². The van der Waals surface area contributed by atoms with Gasteiger partial charge < -0.3 is 14.7 Å². The fourth-order valence-electron chi connectivity index (χ4n) is 2.74. The molecule has 0 bridgehead atoms. The van der Waals surface area contributed by atoms with Crippen LogP contribution in [0, 0.1) is 11.8 Å². The van der Waals surface area contributed by atoms with Crippen molar-refractivity contribution in [2.75, 3.05) is 13.1 Å². The number of nitrogens with zero attached hydrogens (tertiary/aromatic N) is 1. The van der Waals surface area contributed by atoms with Crippen LogP contribution < -0.4 is 4.74 Å². The molecule has 1 heterocycles. The molecule has 0 spiro atoms. The van der Waals surface area contributed by atoms with E-state index in [9.17, 15) is 9.59 Å². The van der Waals surface area contributed by atoms with Gasteiger partial charge in [0.25, 0.3) is 5.91 Å². The number of carboxylic acids is 1. The summed E-state index contributed by atoms with van der Waals surface area (Å²) in [6, 6.07) is 7.31. The fourth-order valence-corrected chi connectivity index (χ4v) is 3.00. The van der Waals surface area contributed by atoms with Gasteiger partial charge in [0, 0.05) is 17.6 Å². The van der Waals surface area contributed by atoms with E-state index in [4.69, 9.17) is 9.84 Å². The zero-order valence-electron chi connectivity index (χ0n) is 12.7. The van der Waals surface area contributed by atoms with Gasteiger partial charge in [0.2, 0.25) is 0 Å². The van der Waals surface area contributed by atoms with Gasteiger partial charge in [-0.05, 0) is 43.5 Å². The molecule has 1 N–H and O–H groups in total. The first-order valence-electron chi connectivity index (χ1n) is 7.32. The number of carboxylic acid groups (broad SMARTS) is 1. The number of rotatable bonds is 4. The monoisotopic (exact) mass is 369 g/mol. The first-order valence-corrected chi connectivity index (χ1v) is 8.11. The van der Waals surface area contributed by atoms with Gasteiger partial charge in [-0.1, -0.05) is 22.9 Å². The molecule has 1 aliphatic heterocycles. The molecular weight excluding hydrogens is 350 g/mol. The highest BCUT2D eigenvalue weighted by Gasteiger charge is 2.34. The van der Waals surface area contributed by atoms with Crippen molar-refractivity contribution >= 4 is 27.8 Å². The van der Waals surface area contributed by atoms with Crippen LogP contribution in [-0.2, 0) is 9.59 Å². The Morgan fingerprint density at radius 2 is 2.00 bits per heavy atom. The molecule has 0 saturated carbocycles. The fraction of sp³-hybridized carbons (Fsp3) is 0.500. The van der Waals surface area contributed by atoms with Crippen molar-refractivity contribution in [1.29, 1.82) is 0 Å². The Hall–Kier alpha value is -1.56. The number of halogens is 1. The van der Waals surface area contributed by atoms with Gasteiger partial charge in [0.05, 0.1) is 5.92 Å². The summed E-state index contributed by atoms with van der Waals surface area (Å²) in [5, 5.41) is 9.13. The van der Waals surface area contributed by atoms with E-state index in [2.05, 4.69) is 15.9 Å². The SMILES string of the molecule is CC(Oc1ccc(Br)cc1)C(=O)N1CCC(C(=O)O)C(C)C1. The van der Waals surface area contributed by atoms with Crippen molar-refractivity contribution in [2.45, 2.75) is 26.4 Å². The molecule has 0 radical (unpaired) electrons. The molecule has 3 atom stereocenters. The van der Waals surface area contributed by atoms with Gasteiger partial charge in [-0.3, -0.25) is 9.59 Å². The number of ether oxygens (including phenoxy) is 1. The smallest absolute Gasteiger partial charge is 0.306 e. The van der Waals surface area contributed by atoms with Gasteiger partial charge in [-0.15, -0.1) is 0 Å². The largest absolute Gasteiger partial charge is 0.481 e. The van der Waals surface area contributed by atoms with Crippen LogP contribution >= 0.6 is 15.9 Å². The number of carbonyl (C=O) groups is 2. The predicted octanol–water partition coefficient (Wildman–Crippen LogP) is 2.79. The molecule has 1 fully saturated rings. The van der Waals surface area contributed by atoms with Crippen LogP contribution in [0.4, 0.5) is 0 Å². The topological polar surface area (TPSA) is 66.8 Å². The van der Waals surface area contributed by atoms with E-state index < -0.39 is 12.1 Å². The Balaban J connectivity index is 1.93. The summed E-state index contributed by atoms with van der Waals surface area (Å²) < 4.78 is 6.61. The number of piperidine rings is 1. The average molecular weight is 370 g/mol. The van der Waals surface area contributed by atoms with E-state index in [-0.39, 0.29) is 17.7 Å². The van der Waals surface area contributed by atoms with Crippen molar-refractivity contribution < 1.29 is 19.4 Å². The van der Waals surface area contributed by atoms with Gasteiger partial charge in [0.1, 0.15) is 5.75 Å². The summed E-state index contributed by atoms with van der Waals surface area (Å²) in [6.45, 7) is 4.52. The Kier molecular flexibility index (Phi) is 5.45. The lowest BCUT2D eigenvalue weighted by molar-refractivity contribution is -0.150. The number of hydrogen-bond acceptors (Lipinski definition) is 3. The van der Waals surface area contributed by atoms with Gasteiger partial charge in [-0.25, -0.2) is 0 Å². The van der Waals surface area contributed by atoms with Crippen LogP contribution in [0.5, 0.6) is 5.75 Å². The van der Waals surface area contributed by atoms with E-state index in [1.807, 2.05) is 19.1 Å². The van der Waals surface area contributed by atoms with Crippen LogP contribution in [0.2, 0.25) is 0 Å². The maximum absolute atomic E-state index is 12.4. The lowest BCUT2D eigenvalue weighted by Crippen LogP contribution is -2.49. The van der Waals surface area contributed by atoms with Gasteiger partial charge in [0.15, 0.2) is 6.10 Å². The Bertz CT molecular complexity index is 546. The maximum Gasteiger partial charge on any atom is 0.306 e. The molecule has 1 saturated heterocycles. The highest BCUT2D eigenvalue weighted by molar-refractivity contribution is 9.10. The highest BCUT2D eigenvalue weighted by Crippen LogP contribution is 2.24. The molecule has 120 valence electrons. The number of aliphatic carboxylic acids is 1. The second-order valence-corrected chi connectivity index (χ2v) is 6.62. The third kappa shape index (κ3) is 4.00. The van der Waals surface area contributed by atoms with Crippen LogP contribution in [0.25, 0.3) is 0 Å². The molecule has 6 heteroatoms. The number of hydrogen-bond donors (Lipinski definition) is 1. The van der Waals surface area contributed by atoms with Crippen molar-refractivity contribution in [3.8, 4) is 5.75 Å². The quantitative estimate of drug-likeness (QED) is 0.885. The lowest BCUT2D eigenvalue weighted by atomic mass is 9.87. The second kappa shape index (κ2) is 7.13. The molecule has 1 amide bonds. The summed E-state index contributed by atoms with van der Waals surface area (Å²) in [4.78, 5) is 25.2. The Labute approximate surface area is 138 Å². The third-order valence-corrected chi connectivity index (χ3v) is 4.54. The van der Waals surface area contributed by atoms with Crippen LogP contribution in [0.3, 0.4) is 0 Å². The number of likely N-dealkylation sites (tertiary alicyclic amines) is 1. The standard InChI is InChI=1S/C16H20BrNO4/c1-10-9-18(8-7-14(10)16(20)21)15(19)11(2)22-13-5-3-12(17)4-6-13/h3-6,10-11,14H,7-9H2,1-2H3,(H,20,21). The van der Waals surface area contributed by atoms with Crippen molar-refractivity contribution in [2.24, 2.45) is 11.8 Å². The normalized spacial score (nSPS) is 23.0. The summed E-state index contributed by atoms with van der Waals surface area (Å²) >= 11 is 3.35. The minimum Gasteiger partial charge on any atom is -0.481 e. The molecule has 0 aromatic heterocycles. The zero-order valence-corrected chi connectivity index (χ0v) is 14.2. The molecule has 5 nitrogen and oxygen atoms in total. The van der Waals surface area contributed by atoms with Gasteiger partial charge in [-0.2, -0.15) is 0 Å². The van der Waals surface area contributed by atoms with Crippen molar-refractivity contribution in [1.82, 2.24) is 4.90 Å². The molecule has 22 heavy (non-hydrogen) atoms. The first kappa shape index (κ1) is 16.8. The maximum atomic E-state index is 12.4. The van der Waals surface area contributed by atoms with E-state index >= 15 is 0 Å². The average Bonchev–Trinajstić information content (AvgIpc) is 2.48. The van der Waals surface area contributed by atoms with Gasteiger partial charge >= 0.3 is 5.97 Å². The minimum atomic E-state index is -0.779. The van der Waals surface area contributed by atoms with Crippen molar-refractivity contribution in [3.63, 3.8) is 0 Å². The van der Waals surface area contributed by atoms with Crippen LogP contribution in [-0.4, -0.2) is 41.1 Å². The molecule has 3 unspecified atom stereocenters. The second-order valence-electron chi connectivity index (χ2n) is 5.71. The highest BCUT2D eigenvalue weighted by atomic mass is 79.9. The number of carbonyl (C=O) groups excluding carboxylic acids is 1. The van der Waals surface area contributed by atoms with E-state index in [0.717, 1.165) is 4.47 Å². The first-order chi connectivity index (χ1) is 10.4. The van der Waals surface area contributed by atoms with Crippen molar-refractivity contribution in [3.05, 3.63) is 28.7 Å². The Morgan fingerprint density at radius 1 is 1.36 bits per heavy atom. The predicted molar refractivity (Wildman–Crippen MR) is 85.7 cm³/mol. The molecule has 1 aromatic carbocycles. The summed E-state index contributed by atoms with van der Waals surface area (Å²) in [5.41, 5.74) is 0. The molecular formula is C16H20BrNO4. The summed E-state index contributed by atoms with van der Waals surface area (Å²) in [5.74, 6) is -0.656. The van der Waals surface area contributed by atoms with E-state index in [1.165, 1.54) is 0 Å². The minimum absolute atomic E-state index is 0.0462. The van der Waals surface area contributed by atoms with Crippen LogP contribution in [0.1, 0.15) is 20.3 Å². The number of amides is 1. The van der Waals surface area contributed by atoms with Crippen LogP contribution in [0.15, 0.2) is 28.7 Å². The molecule has 2 rings (SSSR count). The third-order valence-electron chi connectivity index (χ3n) is 4.01. The number of benzene rings is 1.